The van der Waals surface area contributed by atoms with E-state index in [-0.39, 0.29) is 5.97 Å². The number of carbonyl (C=O) groups is 1. The molecule has 6 heteroatoms. The second-order valence-corrected chi connectivity index (χ2v) is 9.01. The third-order valence-corrected chi connectivity index (χ3v) is 6.66. The molecule has 33 heavy (non-hydrogen) atoms. The molecule has 2 heterocycles. The fourth-order valence-corrected chi connectivity index (χ4v) is 4.75. The Labute approximate surface area is 195 Å². The smallest absolute Gasteiger partial charge is 0.312 e. The molecule has 0 unspecified atom stereocenters. The zero-order valence-electron chi connectivity index (χ0n) is 19.3. The number of carbonyl (C=O) groups excluding carboxylic acids is 1. The van der Waals surface area contributed by atoms with Crippen LogP contribution in [0.5, 0.6) is 0 Å². The summed E-state index contributed by atoms with van der Waals surface area (Å²) in [4.78, 5) is 23.0. The number of ether oxygens (including phenoxy) is 1. The molecule has 1 fully saturated rings. The van der Waals surface area contributed by atoms with Crippen LogP contribution in [0.1, 0.15) is 35.2 Å². The number of rotatable bonds is 7. The van der Waals surface area contributed by atoms with Crippen molar-refractivity contribution < 1.29 is 9.53 Å². The fraction of sp³-hybridized carbons (Fsp3) is 0.370. The molecule has 0 aliphatic carbocycles. The molecule has 0 saturated carbocycles. The van der Waals surface area contributed by atoms with Crippen LogP contribution in [0.2, 0.25) is 0 Å². The van der Waals surface area contributed by atoms with Crippen LogP contribution in [0.25, 0.3) is 4.85 Å². The van der Waals surface area contributed by atoms with Gasteiger partial charge in [-0.3, -0.25) is 9.69 Å². The summed E-state index contributed by atoms with van der Waals surface area (Å²) in [5.74, 6) is -0.100. The molecule has 0 bridgehead atoms. The molecule has 170 valence electrons. The highest BCUT2D eigenvalue weighted by Gasteiger charge is 2.42. The fourth-order valence-electron chi connectivity index (χ4n) is 4.75. The van der Waals surface area contributed by atoms with Crippen LogP contribution in [0.3, 0.4) is 0 Å². The maximum atomic E-state index is 12.8. The van der Waals surface area contributed by atoms with Crippen LogP contribution in [0.4, 0.5) is 5.69 Å². The Kier molecular flexibility index (Phi) is 6.90. The van der Waals surface area contributed by atoms with Gasteiger partial charge in [0.25, 0.3) is 0 Å². The van der Waals surface area contributed by atoms with E-state index < -0.39 is 5.41 Å². The summed E-state index contributed by atoms with van der Waals surface area (Å²) in [5, 5.41) is 0. The minimum atomic E-state index is -0.468. The maximum absolute atomic E-state index is 12.8. The first kappa shape index (κ1) is 22.8. The summed E-state index contributed by atoms with van der Waals surface area (Å²) in [7, 11) is 1.50. The molecular weight excluding hydrogens is 412 g/mol. The summed E-state index contributed by atoms with van der Waals surface area (Å²) in [6, 6.07) is 16.1. The Morgan fingerprint density at radius 2 is 1.88 bits per heavy atom. The van der Waals surface area contributed by atoms with Gasteiger partial charge in [0.15, 0.2) is 5.69 Å². The van der Waals surface area contributed by atoms with Crippen LogP contribution in [-0.4, -0.2) is 40.6 Å². The average Bonchev–Trinajstić information content (AvgIpc) is 3.26. The first-order valence-corrected chi connectivity index (χ1v) is 11.3. The Balaban J connectivity index is 1.41. The first-order valence-electron chi connectivity index (χ1n) is 11.3. The van der Waals surface area contributed by atoms with Crippen molar-refractivity contribution in [2.75, 3.05) is 20.2 Å². The molecule has 6 nitrogen and oxygen atoms in total. The molecule has 1 aliphatic heterocycles. The lowest BCUT2D eigenvalue weighted by molar-refractivity contribution is -0.156. The van der Waals surface area contributed by atoms with Gasteiger partial charge in [0.1, 0.15) is 0 Å². The summed E-state index contributed by atoms with van der Waals surface area (Å²) < 4.78 is 7.40. The molecule has 2 aromatic carbocycles. The zero-order chi connectivity index (χ0) is 23.3. The lowest BCUT2D eigenvalue weighted by Gasteiger charge is -2.40. The second-order valence-electron chi connectivity index (χ2n) is 9.01. The predicted octanol–water partition coefficient (Wildman–Crippen LogP) is 4.79. The highest BCUT2D eigenvalue weighted by atomic mass is 16.5. The molecule has 3 aromatic rings. The van der Waals surface area contributed by atoms with Crippen molar-refractivity contribution in [1.29, 1.82) is 0 Å². The standard InChI is InChI=1S/C27H30N4O2/c1-21-5-4-6-23(15-21)16-27(26(32)33-3)11-13-30(14-12-27)19-25-17-29-20-31(25)18-22-7-9-24(28-2)10-8-22/h4-10,15,17,20H,11-14,16,18-19H2,1,3H3. The van der Waals surface area contributed by atoms with Gasteiger partial charge in [-0.1, -0.05) is 54.1 Å². The largest absolute Gasteiger partial charge is 0.469 e. The zero-order valence-corrected chi connectivity index (χ0v) is 19.3. The topological polar surface area (TPSA) is 51.7 Å². The van der Waals surface area contributed by atoms with Crippen molar-refractivity contribution in [2.24, 2.45) is 5.41 Å². The van der Waals surface area contributed by atoms with E-state index in [4.69, 9.17) is 11.3 Å². The number of benzene rings is 2. The van der Waals surface area contributed by atoms with E-state index >= 15 is 0 Å². The van der Waals surface area contributed by atoms with Gasteiger partial charge in [-0.05, 0) is 50.4 Å². The molecule has 0 atom stereocenters. The molecule has 4 rings (SSSR count). The summed E-state index contributed by atoms with van der Waals surface area (Å²) in [5.41, 5.74) is 4.87. The summed E-state index contributed by atoms with van der Waals surface area (Å²) >= 11 is 0. The van der Waals surface area contributed by atoms with Crippen molar-refractivity contribution in [3.8, 4) is 0 Å². The number of aromatic nitrogens is 2. The highest BCUT2D eigenvalue weighted by molar-refractivity contribution is 5.77. The summed E-state index contributed by atoms with van der Waals surface area (Å²) in [6.45, 7) is 12.4. The van der Waals surface area contributed by atoms with Gasteiger partial charge in [-0.25, -0.2) is 9.83 Å². The van der Waals surface area contributed by atoms with E-state index in [1.54, 1.807) is 0 Å². The van der Waals surface area contributed by atoms with Crippen molar-refractivity contribution in [3.05, 3.63) is 94.9 Å². The number of methoxy groups -OCH3 is 1. The Bertz CT molecular complexity index is 1140. The number of piperidine rings is 1. The van der Waals surface area contributed by atoms with Crippen LogP contribution in [0, 0.1) is 18.9 Å². The molecule has 0 amide bonds. The van der Waals surface area contributed by atoms with Gasteiger partial charge in [0.2, 0.25) is 0 Å². The Morgan fingerprint density at radius 3 is 2.55 bits per heavy atom. The van der Waals surface area contributed by atoms with Gasteiger partial charge in [-0.2, -0.15) is 0 Å². The minimum Gasteiger partial charge on any atom is -0.469 e. The third kappa shape index (κ3) is 5.32. The molecule has 0 N–H and O–H groups in total. The molecule has 1 aromatic heterocycles. The number of hydrogen-bond acceptors (Lipinski definition) is 4. The van der Waals surface area contributed by atoms with Crippen molar-refractivity contribution >= 4 is 11.7 Å². The monoisotopic (exact) mass is 442 g/mol. The summed E-state index contributed by atoms with van der Waals surface area (Å²) in [6.07, 6.45) is 6.05. The Hall–Kier alpha value is -3.43. The molecule has 0 spiro atoms. The van der Waals surface area contributed by atoms with E-state index in [1.807, 2.05) is 36.8 Å². The first-order chi connectivity index (χ1) is 16.0. The predicted molar refractivity (Wildman–Crippen MR) is 128 cm³/mol. The van der Waals surface area contributed by atoms with Gasteiger partial charge in [-0.15, -0.1) is 0 Å². The minimum absolute atomic E-state index is 0.100. The SMILES string of the molecule is [C-]#[N+]c1ccc(Cn2cncc2CN2CCC(Cc3cccc(C)c3)(C(=O)OC)CC2)cc1. The van der Waals surface area contributed by atoms with E-state index in [0.717, 1.165) is 50.3 Å². The van der Waals surface area contributed by atoms with Crippen LogP contribution in [-0.2, 0) is 29.0 Å². The van der Waals surface area contributed by atoms with E-state index in [9.17, 15) is 4.79 Å². The Morgan fingerprint density at radius 1 is 1.12 bits per heavy atom. The number of esters is 1. The number of aryl methyl sites for hydroxylation is 1. The number of likely N-dealkylation sites (tertiary alicyclic amines) is 1. The molecule has 0 radical (unpaired) electrons. The molecular formula is C27H30N4O2. The van der Waals surface area contributed by atoms with E-state index in [2.05, 4.69) is 50.5 Å². The molecule has 1 aliphatic rings. The normalized spacial score (nSPS) is 15.7. The average molecular weight is 443 g/mol. The second kappa shape index (κ2) is 10.0. The van der Waals surface area contributed by atoms with E-state index in [1.165, 1.54) is 18.2 Å². The van der Waals surface area contributed by atoms with Crippen molar-refractivity contribution in [2.45, 2.75) is 39.3 Å². The number of nitrogens with zero attached hydrogens (tertiary/aromatic N) is 4. The lowest BCUT2D eigenvalue weighted by atomic mass is 9.73. The van der Waals surface area contributed by atoms with Crippen LogP contribution >= 0.6 is 0 Å². The highest BCUT2D eigenvalue weighted by Crippen LogP contribution is 2.37. The van der Waals surface area contributed by atoms with Gasteiger partial charge >= 0.3 is 5.97 Å². The van der Waals surface area contributed by atoms with Crippen molar-refractivity contribution in [3.63, 3.8) is 0 Å². The van der Waals surface area contributed by atoms with Crippen LogP contribution in [0.15, 0.2) is 61.1 Å². The number of hydrogen-bond donors (Lipinski definition) is 0. The van der Waals surface area contributed by atoms with E-state index in [0.29, 0.717) is 12.1 Å². The van der Waals surface area contributed by atoms with Gasteiger partial charge in [0, 0.05) is 19.3 Å². The van der Waals surface area contributed by atoms with Gasteiger partial charge in [0.05, 0.1) is 31.1 Å². The third-order valence-electron chi connectivity index (χ3n) is 6.66. The maximum Gasteiger partial charge on any atom is 0.312 e. The van der Waals surface area contributed by atoms with Crippen molar-refractivity contribution in [1.82, 2.24) is 14.5 Å². The number of imidazole rings is 1. The quantitative estimate of drug-likeness (QED) is 0.390. The molecule has 1 saturated heterocycles. The lowest BCUT2D eigenvalue weighted by Crippen LogP contribution is -2.46. The van der Waals surface area contributed by atoms with Crippen LogP contribution < -0.4 is 0 Å². The van der Waals surface area contributed by atoms with Gasteiger partial charge < -0.3 is 9.30 Å².